The standard InChI is InChI=1S/C10H12OS/c1-9(12)7-8-11-10-5-3-2-4-6-10/h2-6,12H,1,7-8H2. The van der Waals surface area contributed by atoms with E-state index < -0.39 is 0 Å². The fraction of sp³-hybridized carbons (Fsp3) is 0.200. The number of para-hydroxylation sites is 1. The van der Waals surface area contributed by atoms with Crippen molar-refractivity contribution in [3.8, 4) is 5.75 Å². The van der Waals surface area contributed by atoms with Crippen molar-refractivity contribution in [2.45, 2.75) is 6.42 Å². The van der Waals surface area contributed by atoms with Gasteiger partial charge >= 0.3 is 0 Å². The van der Waals surface area contributed by atoms with Crippen molar-refractivity contribution in [2.75, 3.05) is 6.61 Å². The molecule has 0 bridgehead atoms. The molecule has 0 aromatic heterocycles. The van der Waals surface area contributed by atoms with Crippen LogP contribution >= 0.6 is 12.6 Å². The summed E-state index contributed by atoms with van der Waals surface area (Å²) in [5.41, 5.74) is 0. The van der Waals surface area contributed by atoms with Gasteiger partial charge < -0.3 is 4.74 Å². The molecule has 2 heteroatoms. The van der Waals surface area contributed by atoms with Crippen molar-refractivity contribution in [1.82, 2.24) is 0 Å². The van der Waals surface area contributed by atoms with Gasteiger partial charge in [0.05, 0.1) is 6.61 Å². The lowest BCUT2D eigenvalue weighted by molar-refractivity contribution is 0.324. The molecular weight excluding hydrogens is 168 g/mol. The normalized spacial score (nSPS) is 9.42. The second kappa shape index (κ2) is 4.88. The summed E-state index contributed by atoms with van der Waals surface area (Å²) in [5.74, 6) is 0.895. The van der Waals surface area contributed by atoms with Crippen LogP contribution in [0, 0.1) is 0 Å². The van der Waals surface area contributed by atoms with Crippen LogP contribution in [0.1, 0.15) is 6.42 Å². The molecule has 64 valence electrons. The summed E-state index contributed by atoms with van der Waals surface area (Å²) in [5, 5.41) is 0. The highest BCUT2D eigenvalue weighted by Crippen LogP contribution is 2.10. The summed E-state index contributed by atoms with van der Waals surface area (Å²) in [4.78, 5) is 0.853. The van der Waals surface area contributed by atoms with Gasteiger partial charge in [-0.3, -0.25) is 0 Å². The molecule has 12 heavy (non-hydrogen) atoms. The first-order chi connectivity index (χ1) is 5.79. The smallest absolute Gasteiger partial charge is 0.119 e. The van der Waals surface area contributed by atoms with Crippen LogP contribution in [0.4, 0.5) is 0 Å². The number of ether oxygens (including phenoxy) is 1. The van der Waals surface area contributed by atoms with Crippen LogP contribution in [0.3, 0.4) is 0 Å². The minimum Gasteiger partial charge on any atom is -0.493 e. The summed E-state index contributed by atoms with van der Waals surface area (Å²) < 4.78 is 5.41. The molecule has 0 unspecified atom stereocenters. The minimum atomic E-state index is 0.645. The number of hydrogen-bond donors (Lipinski definition) is 1. The van der Waals surface area contributed by atoms with Crippen LogP contribution in [-0.2, 0) is 0 Å². The van der Waals surface area contributed by atoms with Gasteiger partial charge in [-0.15, -0.1) is 12.6 Å². The second-order valence-electron chi connectivity index (χ2n) is 2.48. The average molecular weight is 180 g/mol. The molecule has 0 aliphatic heterocycles. The Morgan fingerprint density at radius 1 is 1.33 bits per heavy atom. The summed E-state index contributed by atoms with van der Waals surface area (Å²) in [7, 11) is 0. The van der Waals surface area contributed by atoms with Crippen LogP contribution in [0.2, 0.25) is 0 Å². The molecule has 0 saturated carbocycles. The van der Waals surface area contributed by atoms with E-state index in [0.717, 1.165) is 17.1 Å². The Bertz CT molecular complexity index is 243. The monoisotopic (exact) mass is 180 g/mol. The summed E-state index contributed by atoms with van der Waals surface area (Å²) in [6, 6.07) is 9.72. The molecule has 0 N–H and O–H groups in total. The topological polar surface area (TPSA) is 9.23 Å². The molecule has 0 aliphatic carbocycles. The van der Waals surface area contributed by atoms with E-state index in [4.69, 9.17) is 4.74 Å². The lowest BCUT2D eigenvalue weighted by atomic mass is 10.3. The molecule has 1 rings (SSSR count). The predicted molar refractivity (Wildman–Crippen MR) is 54.7 cm³/mol. The minimum absolute atomic E-state index is 0.645. The van der Waals surface area contributed by atoms with Crippen molar-refractivity contribution in [2.24, 2.45) is 0 Å². The van der Waals surface area contributed by atoms with E-state index in [1.807, 2.05) is 30.3 Å². The first-order valence-corrected chi connectivity index (χ1v) is 4.28. The SMILES string of the molecule is C=C(S)CCOc1ccccc1. The molecule has 0 aliphatic rings. The third-order valence-electron chi connectivity index (χ3n) is 1.40. The van der Waals surface area contributed by atoms with Gasteiger partial charge in [-0.25, -0.2) is 0 Å². The molecule has 0 spiro atoms. The molecule has 0 saturated heterocycles. The molecule has 1 nitrogen and oxygen atoms in total. The van der Waals surface area contributed by atoms with Gasteiger partial charge in [-0.05, 0) is 17.0 Å². The third-order valence-corrected chi connectivity index (χ3v) is 1.63. The van der Waals surface area contributed by atoms with E-state index >= 15 is 0 Å². The summed E-state index contributed by atoms with van der Waals surface area (Å²) in [6.45, 7) is 4.32. The molecule has 0 radical (unpaired) electrons. The quantitative estimate of drug-likeness (QED) is 0.701. The van der Waals surface area contributed by atoms with Crippen molar-refractivity contribution >= 4 is 12.6 Å². The van der Waals surface area contributed by atoms with Crippen LogP contribution in [0.15, 0.2) is 41.8 Å². The fourth-order valence-electron chi connectivity index (χ4n) is 0.803. The third kappa shape index (κ3) is 3.49. The van der Waals surface area contributed by atoms with Crippen LogP contribution in [-0.4, -0.2) is 6.61 Å². The van der Waals surface area contributed by atoms with Gasteiger partial charge in [-0.1, -0.05) is 24.8 Å². The lowest BCUT2D eigenvalue weighted by Gasteiger charge is -2.04. The molecule has 1 aromatic rings. The molecular formula is C10H12OS. The Morgan fingerprint density at radius 3 is 2.58 bits per heavy atom. The number of benzene rings is 1. The zero-order chi connectivity index (χ0) is 8.81. The second-order valence-corrected chi connectivity index (χ2v) is 3.11. The van der Waals surface area contributed by atoms with Gasteiger partial charge in [0.25, 0.3) is 0 Å². The maximum atomic E-state index is 5.41. The van der Waals surface area contributed by atoms with E-state index in [1.54, 1.807) is 0 Å². The van der Waals surface area contributed by atoms with Gasteiger partial charge in [0.2, 0.25) is 0 Å². The first kappa shape index (κ1) is 9.20. The average Bonchev–Trinajstić information content (AvgIpc) is 2.05. The molecule has 0 amide bonds. The molecule has 0 heterocycles. The van der Waals surface area contributed by atoms with Gasteiger partial charge in [0.15, 0.2) is 0 Å². The van der Waals surface area contributed by atoms with E-state index in [0.29, 0.717) is 6.61 Å². The highest BCUT2D eigenvalue weighted by atomic mass is 32.1. The maximum Gasteiger partial charge on any atom is 0.119 e. The first-order valence-electron chi connectivity index (χ1n) is 3.83. The fourth-order valence-corrected chi connectivity index (χ4v) is 0.895. The van der Waals surface area contributed by atoms with Crippen molar-refractivity contribution < 1.29 is 4.74 Å². The van der Waals surface area contributed by atoms with Crippen molar-refractivity contribution in [3.05, 3.63) is 41.8 Å². The van der Waals surface area contributed by atoms with Crippen LogP contribution in [0.25, 0.3) is 0 Å². The van der Waals surface area contributed by atoms with Gasteiger partial charge in [0.1, 0.15) is 5.75 Å². The molecule has 1 aromatic carbocycles. The predicted octanol–water partition coefficient (Wildman–Crippen LogP) is 2.90. The lowest BCUT2D eigenvalue weighted by Crippen LogP contribution is -1.96. The summed E-state index contributed by atoms with van der Waals surface area (Å²) in [6.07, 6.45) is 0.790. The van der Waals surface area contributed by atoms with Gasteiger partial charge in [-0.2, -0.15) is 0 Å². The van der Waals surface area contributed by atoms with E-state index in [2.05, 4.69) is 19.2 Å². The highest BCUT2D eigenvalue weighted by Gasteiger charge is 1.91. The number of hydrogen-bond acceptors (Lipinski definition) is 2. The Kier molecular flexibility index (Phi) is 3.74. The van der Waals surface area contributed by atoms with Gasteiger partial charge in [0, 0.05) is 6.42 Å². The largest absolute Gasteiger partial charge is 0.493 e. The number of thiol groups is 1. The van der Waals surface area contributed by atoms with Crippen molar-refractivity contribution in [1.29, 1.82) is 0 Å². The Labute approximate surface area is 78.5 Å². The van der Waals surface area contributed by atoms with Crippen LogP contribution in [0.5, 0.6) is 5.75 Å². The maximum absolute atomic E-state index is 5.41. The van der Waals surface area contributed by atoms with E-state index in [-0.39, 0.29) is 0 Å². The Morgan fingerprint density at radius 2 is 2.00 bits per heavy atom. The molecule has 0 atom stereocenters. The van der Waals surface area contributed by atoms with Crippen LogP contribution < -0.4 is 4.74 Å². The Balaban J connectivity index is 2.29. The zero-order valence-corrected chi connectivity index (χ0v) is 7.76. The van der Waals surface area contributed by atoms with E-state index in [1.165, 1.54) is 0 Å². The zero-order valence-electron chi connectivity index (χ0n) is 6.86. The Hall–Kier alpha value is -0.890. The molecule has 0 fully saturated rings. The number of rotatable bonds is 4. The summed E-state index contributed by atoms with van der Waals surface area (Å²) >= 11 is 4.07. The van der Waals surface area contributed by atoms with Crippen molar-refractivity contribution in [3.63, 3.8) is 0 Å². The highest BCUT2D eigenvalue weighted by molar-refractivity contribution is 7.84. The van der Waals surface area contributed by atoms with E-state index in [9.17, 15) is 0 Å².